The fourth-order valence-corrected chi connectivity index (χ4v) is 2.72. The molecule has 1 aliphatic rings. The largest absolute Gasteiger partial charge is 0.381 e. The number of benzene rings is 1. The Morgan fingerprint density at radius 3 is 2.71 bits per heavy atom. The molecule has 1 saturated heterocycles. The third-order valence-electron chi connectivity index (χ3n) is 4.14. The Labute approximate surface area is 147 Å². The summed E-state index contributed by atoms with van der Waals surface area (Å²) in [5.74, 6) is 0.629. The third kappa shape index (κ3) is 4.56. The zero-order chi connectivity index (χ0) is 16.1. The van der Waals surface area contributed by atoms with E-state index in [0.29, 0.717) is 19.0 Å². The summed E-state index contributed by atoms with van der Waals surface area (Å²) in [5.41, 5.74) is 7.77. The van der Waals surface area contributed by atoms with E-state index in [1.165, 1.54) is 0 Å². The summed E-state index contributed by atoms with van der Waals surface area (Å²) >= 11 is 0. The highest BCUT2D eigenvalue weighted by Gasteiger charge is 2.26. The molecule has 1 atom stereocenters. The molecule has 1 unspecified atom stereocenters. The van der Waals surface area contributed by atoms with E-state index in [1.54, 1.807) is 0 Å². The Balaban J connectivity index is 0.00000208. The standard InChI is InChI=1S/C17H21N3O3.ClH/c18-16(13-6-8-22-9-7-13)17(21)19-11-14-10-15(20-23-14)12-4-2-1-3-5-12;/h1-5,10,13,16H,6-9,11,18H2,(H,19,21);1H. The molecule has 6 nitrogen and oxygen atoms in total. The van der Waals surface area contributed by atoms with E-state index < -0.39 is 6.04 Å². The minimum absolute atomic E-state index is 0. The molecular weight excluding hydrogens is 330 g/mol. The second-order valence-electron chi connectivity index (χ2n) is 5.74. The van der Waals surface area contributed by atoms with E-state index in [4.69, 9.17) is 15.0 Å². The number of nitrogens with zero attached hydrogens (tertiary/aromatic N) is 1. The Bertz CT molecular complexity index is 642. The van der Waals surface area contributed by atoms with Crippen LogP contribution in [0.25, 0.3) is 11.3 Å². The maximum atomic E-state index is 12.2. The molecule has 24 heavy (non-hydrogen) atoms. The molecule has 3 N–H and O–H groups in total. The van der Waals surface area contributed by atoms with E-state index in [1.807, 2.05) is 36.4 Å². The van der Waals surface area contributed by atoms with Crippen LogP contribution in [-0.2, 0) is 16.1 Å². The van der Waals surface area contributed by atoms with E-state index in [9.17, 15) is 4.79 Å². The maximum Gasteiger partial charge on any atom is 0.237 e. The predicted octanol–water partition coefficient (Wildman–Crippen LogP) is 2.13. The first kappa shape index (κ1) is 18.4. The average Bonchev–Trinajstić information content (AvgIpc) is 3.09. The molecule has 0 saturated carbocycles. The number of carbonyl (C=O) groups excluding carboxylic acids is 1. The van der Waals surface area contributed by atoms with Gasteiger partial charge in [-0.2, -0.15) is 0 Å². The number of ether oxygens (including phenoxy) is 1. The molecule has 1 aromatic heterocycles. The molecule has 0 spiro atoms. The first-order valence-corrected chi connectivity index (χ1v) is 7.86. The van der Waals surface area contributed by atoms with Gasteiger partial charge in [-0.1, -0.05) is 35.5 Å². The SMILES string of the molecule is Cl.NC(C(=O)NCc1cc(-c2ccccc2)no1)C1CCOCC1. The minimum Gasteiger partial charge on any atom is -0.381 e. The van der Waals surface area contributed by atoms with Crippen molar-refractivity contribution in [3.63, 3.8) is 0 Å². The van der Waals surface area contributed by atoms with Crippen LogP contribution in [0, 0.1) is 5.92 Å². The summed E-state index contributed by atoms with van der Waals surface area (Å²) in [6, 6.07) is 11.1. The molecule has 2 heterocycles. The summed E-state index contributed by atoms with van der Waals surface area (Å²) in [6.07, 6.45) is 1.66. The molecule has 3 rings (SSSR count). The molecule has 130 valence electrons. The number of nitrogens with one attached hydrogen (secondary N) is 1. The molecule has 1 aromatic carbocycles. The van der Waals surface area contributed by atoms with Crippen molar-refractivity contribution in [1.82, 2.24) is 10.5 Å². The quantitative estimate of drug-likeness (QED) is 0.861. The van der Waals surface area contributed by atoms with Gasteiger partial charge < -0.3 is 20.3 Å². The molecule has 1 amide bonds. The van der Waals surface area contributed by atoms with Crippen molar-refractivity contribution >= 4 is 18.3 Å². The van der Waals surface area contributed by atoms with Gasteiger partial charge in [0.1, 0.15) is 5.69 Å². The van der Waals surface area contributed by atoms with Crippen LogP contribution in [0.5, 0.6) is 0 Å². The van der Waals surface area contributed by atoms with Crippen molar-refractivity contribution in [2.45, 2.75) is 25.4 Å². The number of aromatic nitrogens is 1. The lowest BCUT2D eigenvalue weighted by atomic mass is 9.92. The molecular formula is C17H22ClN3O3. The van der Waals surface area contributed by atoms with Crippen LogP contribution in [0.3, 0.4) is 0 Å². The van der Waals surface area contributed by atoms with Crippen LogP contribution in [0.1, 0.15) is 18.6 Å². The zero-order valence-electron chi connectivity index (χ0n) is 13.3. The second kappa shape index (κ2) is 8.82. The smallest absolute Gasteiger partial charge is 0.237 e. The highest BCUT2D eigenvalue weighted by molar-refractivity contribution is 5.85. The fraction of sp³-hybridized carbons (Fsp3) is 0.412. The van der Waals surface area contributed by atoms with Crippen molar-refractivity contribution in [2.75, 3.05) is 13.2 Å². The number of nitrogens with two attached hydrogens (primary N) is 1. The van der Waals surface area contributed by atoms with Crippen LogP contribution in [0.4, 0.5) is 0 Å². The van der Waals surface area contributed by atoms with Crippen molar-refractivity contribution in [3.8, 4) is 11.3 Å². The summed E-state index contributed by atoms with van der Waals surface area (Å²) in [5, 5.41) is 6.85. The molecule has 0 aliphatic carbocycles. The second-order valence-corrected chi connectivity index (χ2v) is 5.74. The lowest BCUT2D eigenvalue weighted by Gasteiger charge is -2.26. The topological polar surface area (TPSA) is 90.4 Å². The van der Waals surface area contributed by atoms with Crippen LogP contribution in [-0.4, -0.2) is 30.3 Å². The van der Waals surface area contributed by atoms with E-state index in [2.05, 4.69) is 10.5 Å². The monoisotopic (exact) mass is 351 g/mol. The Hall–Kier alpha value is -1.89. The number of hydrogen-bond donors (Lipinski definition) is 2. The van der Waals surface area contributed by atoms with E-state index in [-0.39, 0.29) is 30.8 Å². The molecule has 0 radical (unpaired) electrons. The third-order valence-corrected chi connectivity index (χ3v) is 4.14. The molecule has 2 aromatic rings. The van der Waals surface area contributed by atoms with Crippen LogP contribution in [0.2, 0.25) is 0 Å². The Morgan fingerprint density at radius 1 is 1.29 bits per heavy atom. The lowest BCUT2D eigenvalue weighted by molar-refractivity contribution is -0.124. The van der Waals surface area contributed by atoms with E-state index in [0.717, 1.165) is 24.1 Å². The van der Waals surface area contributed by atoms with Gasteiger partial charge in [0, 0.05) is 24.8 Å². The van der Waals surface area contributed by atoms with Gasteiger partial charge in [-0.25, -0.2) is 0 Å². The van der Waals surface area contributed by atoms with E-state index >= 15 is 0 Å². The Morgan fingerprint density at radius 2 is 2.00 bits per heavy atom. The molecule has 0 bridgehead atoms. The van der Waals surface area contributed by atoms with Crippen molar-refractivity contribution in [1.29, 1.82) is 0 Å². The van der Waals surface area contributed by atoms with Gasteiger partial charge in [0.2, 0.25) is 5.91 Å². The lowest BCUT2D eigenvalue weighted by Crippen LogP contribution is -2.46. The van der Waals surface area contributed by atoms with Gasteiger partial charge in [0.15, 0.2) is 5.76 Å². The van der Waals surface area contributed by atoms with Gasteiger partial charge in [-0.15, -0.1) is 12.4 Å². The zero-order valence-corrected chi connectivity index (χ0v) is 14.1. The van der Waals surface area contributed by atoms with Gasteiger partial charge in [0.05, 0.1) is 12.6 Å². The van der Waals surface area contributed by atoms with Crippen LogP contribution in [0.15, 0.2) is 40.9 Å². The number of rotatable bonds is 5. The highest BCUT2D eigenvalue weighted by atomic mass is 35.5. The van der Waals surface area contributed by atoms with Crippen molar-refractivity contribution < 1.29 is 14.1 Å². The van der Waals surface area contributed by atoms with Crippen molar-refractivity contribution in [2.24, 2.45) is 11.7 Å². The summed E-state index contributed by atoms with van der Waals surface area (Å²) in [6.45, 7) is 1.64. The van der Waals surface area contributed by atoms with Crippen molar-refractivity contribution in [3.05, 3.63) is 42.2 Å². The van der Waals surface area contributed by atoms with Crippen LogP contribution >= 0.6 is 12.4 Å². The molecule has 1 fully saturated rings. The maximum absolute atomic E-state index is 12.2. The normalized spacial score (nSPS) is 16.2. The number of amides is 1. The van der Waals surface area contributed by atoms with Gasteiger partial charge >= 0.3 is 0 Å². The number of carbonyl (C=O) groups is 1. The van der Waals surface area contributed by atoms with Gasteiger partial charge in [0.25, 0.3) is 0 Å². The Kier molecular flexibility index (Phi) is 6.78. The fourth-order valence-electron chi connectivity index (χ4n) is 2.72. The molecule has 7 heteroatoms. The van der Waals surface area contributed by atoms with Gasteiger partial charge in [-0.3, -0.25) is 4.79 Å². The summed E-state index contributed by atoms with van der Waals surface area (Å²) in [7, 11) is 0. The number of hydrogen-bond acceptors (Lipinski definition) is 5. The molecule has 1 aliphatic heterocycles. The van der Waals surface area contributed by atoms with Gasteiger partial charge in [-0.05, 0) is 18.8 Å². The highest BCUT2D eigenvalue weighted by Crippen LogP contribution is 2.19. The average molecular weight is 352 g/mol. The van der Waals surface area contributed by atoms with Crippen LogP contribution < -0.4 is 11.1 Å². The first-order valence-electron chi connectivity index (χ1n) is 7.86. The summed E-state index contributed by atoms with van der Waals surface area (Å²) in [4.78, 5) is 12.2. The minimum atomic E-state index is -0.504. The predicted molar refractivity (Wildman–Crippen MR) is 92.6 cm³/mol. The summed E-state index contributed by atoms with van der Waals surface area (Å²) < 4.78 is 10.6. The number of halogens is 1. The first-order chi connectivity index (χ1) is 11.2.